The minimum absolute atomic E-state index is 0.00371. The molecule has 0 radical (unpaired) electrons. The van der Waals surface area contributed by atoms with Gasteiger partial charge in [0.1, 0.15) is 0 Å². The number of nitrogens with zero attached hydrogens (tertiary/aromatic N) is 3. The average molecular weight is 670 g/mol. The molecule has 1 heterocycles. The summed E-state index contributed by atoms with van der Waals surface area (Å²) in [6.45, 7) is -0.426. The Kier molecular flexibility index (Phi) is 9.53. The Bertz CT molecular complexity index is 1850. The highest BCUT2D eigenvalue weighted by atomic mass is 32.2. The second-order valence-corrected chi connectivity index (χ2v) is 13.4. The Hall–Kier alpha value is -4.51. The first-order chi connectivity index (χ1) is 21.0. The Morgan fingerprint density at radius 3 is 2.22 bits per heavy atom. The number of sulfonamides is 1. The van der Waals surface area contributed by atoms with Crippen LogP contribution in [0.1, 0.15) is 47.2 Å². The van der Waals surface area contributed by atoms with Crippen LogP contribution in [0.4, 0.5) is 30.2 Å². The number of benzene rings is 3. The van der Waals surface area contributed by atoms with E-state index in [1.54, 1.807) is 19.2 Å². The number of nitro groups is 1. The second-order valence-electron chi connectivity index (χ2n) is 9.97. The number of carbonyl (C=O) groups is 2. The second kappa shape index (κ2) is 12.8. The van der Waals surface area contributed by atoms with Gasteiger partial charge in [-0.05, 0) is 54.3 Å². The van der Waals surface area contributed by atoms with Gasteiger partial charge in [0.15, 0.2) is 0 Å². The molecular formula is C28H26F3N3O9S2. The maximum Gasteiger partial charge on any atom is 0.534 e. The Balaban J connectivity index is 1.58. The summed E-state index contributed by atoms with van der Waals surface area (Å²) in [5.41, 5.74) is -2.99. The van der Waals surface area contributed by atoms with Gasteiger partial charge < -0.3 is 9.08 Å². The lowest BCUT2D eigenvalue weighted by Crippen LogP contribution is -2.38. The number of nitro benzene ring substituents is 1. The summed E-state index contributed by atoms with van der Waals surface area (Å²) >= 11 is 0. The molecule has 0 N–H and O–H groups in total. The zero-order valence-corrected chi connectivity index (χ0v) is 25.2. The third kappa shape index (κ3) is 7.09. The Morgan fingerprint density at radius 2 is 1.58 bits per heavy atom. The molecule has 1 amide bonds. The van der Waals surface area contributed by atoms with E-state index >= 15 is 0 Å². The van der Waals surface area contributed by atoms with Crippen LogP contribution in [0.25, 0.3) is 0 Å². The largest absolute Gasteiger partial charge is 0.534 e. The zero-order valence-electron chi connectivity index (χ0n) is 23.6. The third-order valence-electron chi connectivity index (χ3n) is 7.05. The van der Waals surface area contributed by atoms with E-state index in [1.807, 2.05) is 29.2 Å². The Labute approximate surface area is 256 Å². The molecule has 1 aliphatic rings. The average Bonchev–Trinajstić information content (AvgIpc) is 2.97. The van der Waals surface area contributed by atoms with E-state index in [1.165, 1.54) is 6.07 Å². The minimum Gasteiger partial charge on any atom is -0.344 e. The molecule has 0 fully saturated rings. The molecule has 17 heteroatoms. The van der Waals surface area contributed by atoms with E-state index in [0.29, 0.717) is 22.0 Å². The summed E-state index contributed by atoms with van der Waals surface area (Å²) < 4.78 is 91.1. The van der Waals surface area contributed by atoms with Crippen LogP contribution < -0.4 is 4.90 Å². The molecule has 0 atom stereocenters. The van der Waals surface area contributed by atoms with E-state index in [2.05, 4.69) is 4.18 Å². The standard InChI is InChI=1S/C28H26F3N3O9S2/c1-32-24-10-5-4-8-19(24)18-23-22(9-7-11-25(23)32)27(36)33(44(39,40)21-15-13-20(14-16-21)34(37)38)17-6-2-3-12-26(35)43-45(41,42)28(29,30)31/h4-5,7-11,13-16H,2-3,6,12,17-18H2,1H3. The van der Waals surface area contributed by atoms with Gasteiger partial charge in [-0.2, -0.15) is 21.6 Å². The first-order valence-electron chi connectivity index (χ1n) is 13.3. The van der Waals surface area contributed by atoms with Crippen LogP contribution in [-0.2, 0) is 35.5 Å². The van der Waals surface area contributed by atoms with Gasteiger partial charge >= 0.3 is 21.6 Å². The predicted octanol–water partition coefficient (Wildman–Crippen LogP) is 5.05. The van der Waals surface area contributed by atoms with Gasteiger partial charge in [-0.1, -0.05) is 30.7 Å². The fraction of sp³-hybridized carbons (Fsp3) is 0.286. The van der Waals surface area contributed by atoms with Gasteiger partial charge in [0.2, 0.25) is 0 Å². The number of anilines is 2. The minimum atomic E-state index is -6.11. The van der Waals surface area contributed by atoms with Crippen molar-refractivity contribution in [3.05, 3.63) is 93.5 Å². The molecular weight excluding hydrogens is 643 g/mol. The first kappa shape index (κ1) is 33.4. The highest BCUT2D eigenvalue weighted by Gasteiger charge is 2.49. The highest BCUT2D eigenvalue weighted by Crippen LogP contribution is 2.39. The van der Waals surface area contributed by atoms with Crippen LogP contribution in [0.5, 0.6) is 0 Å². The monoisotopic (exact) mass is 669 g/mol. The van der Waals surface area contributed by atoms with Crippen LogP contribution in [0.15, 0.2) is 71.6 Å². The van der Waals surface area contributed by atoms with E-state index in [0.717, 1.165) is 35.5 Å². The van der Waals surface area contributed by atoms with Gasteiger partial charge in [-0.25, -0.2) is 12.7 Å². The first-order valence-corrected chi connectivity index (χ1v) is 16.2. The molecule has 0 unspecified atom stereocenters. The third-order valence-corrected chi connectivity index (χ3v) is 9.82. The van der Waals surface area contributed by atoms with Gasteiger partial charge in [-0.15, -0.1) is 0 Å². The van der Waals surface area contributed by atoms with Crippen LogP contribution >= 0.6 is 0 Å². The van der Waals surface area contributed by atoms with Gasteiger partial charge in [-0.3, -0.25) is 19.7 Å². The van der Waals surface area contributed by atoms with Crippen molar-refractivity contribution in [2.75, 3.05) is 18.5 Å². The lowest BCUT2D eigenvalue weighted by molar-refractivity contribution is -0.384. The van der Waals surface area contributed by atoms with E-state index < -0.39 is 60.3 Å². The molecule has 0 spiro atoms. The van der Waals surface area contributed by atoms with Crippen molar-refractivity contribution in [3.63, 3.8) is 0 Å². The number of amides is 1. The molecule has 0 saturated carbocycles. The molecule has 0 aliphatic carbocycles. The van der Waals surface area contributed by atoms with E-state index in [4.69, 9.17) is 0 Å². The summed E-state index contributed by atoms with van der Waals surface area (Å²) in [7, 11) is -8.89. The normalized spacial score (nSPS) is 13.0. The van der Waals surface area contributed by atoms with Crippen LogP contribution in [0, 0.1) is 10.1 Å². The summed E-state index contributed by atoms with van der Waals surface area (Å²) in [5.74, 6) is -2.52. The summed E-state index contributed by atoms with van der Waals surface area (Å²) in [6.07, 6.45) is -0.616. The van der Waals surface area contributed by atoms with Gasteiger partial charge in [0.05, 0.1) is 9.82 Å². The number of para-hydroxylation sites is 1. The molecule has 3 aromatic rings. The smallest absolute Gasteiger partial charge is 0.344 e. The Morgan fingerprint density at radius 1 is 0.933 bits per heavy atom. The van der Waals surface area contributed by atoms with E-state index in [9.17, 15) is 49.7 Å². The molecule has 12 nitrogen and oxygen atoms in total. The van der Waals surface area contributed by atoms with Crippen molar-refractivity contribution in [2.45, 2.75) is 42.5 Å². The molecule has 4 rings (SSSR count). The number of non-ortho nitro benzene ring substituents is 1. The topological polar surface area (TPSA) is 161 Å². The van der Waals surface area contributed by atoms with Crippen molar-refractivity contribution in [1.82, 2.24) is 4.31 Å². The fourth-order valence-electron chi connectivity index (χ4n) is 4.83. The number of halogens is 3. The van der Waals surface area contributed by atoms with Crippen molar-refractivity contribution < 1.29 is 48.7 Å². The van der Waals surface area contributed by atoms with Crippen LogP contribution in [-0.4, -0.2) is 57.0 Å². The molecule has 0 aromatic heterocycles. The number of hydrogen-bond donors (Lipinski definition) is 0. The number of hydrogen-bond acceptors (Lipinski definition) is 10. The number of rotatable bonds is 11. The summed E-state index contributed by atoms with van der Waals surface area (Å²) in [5, 5.41) is 11.1. The zero-order chi connectivity index (χ0) is 33.2. The summed E-state index contributed by atoms with van der Waals surface area (Å²) in [6, 6.07) is 16.3. The molecule has 0 bridgehead atoms. The number of fused-ring (bicyclic) bond motifs is 2. The predicted molar refractivity (Wildman–Crippen MR) is 155 cm³/mol. The van der Waals surface area contributed by atoms with Crippen LogP contribution in [0.2, 0.25) is 0 Å². The number of carbonyl (C=O) groups excluding carboxylic acids is 2. The molecule has 1 aliphatic heterocycles. The van der Waals surface area contributed by atoms with Crippen molar-refractivity contribution in [1.29, 1.82) is 0 Å². The van der Waals surface area contributed by atoms with Gasteiger partial charge in [0, 0.05) is 55.5 Å². The number of unbranched alkanes of at least 4 members (excludes halogenated alkanes) is 2. The van der Waals surface area contributed by atoms with Gasteiger partial charge in [0.25, 0.3) is 21.6 Å². The molecule has 0 saturated heterocycles. The fourth-order valence-corrected chi connectivity index (χ4v) is 6.67. The highest BCUT2D eigenvalue weighted by molar-refractivity contribution is 7.89. The number of alkyl halides is 3. The molecule has 3 aromatic carbocycles. The molecule has 240 valence electrons. The quantitative estimate of drug-likeness (QED) is 0.0888. The maximum atomic E-state index is 14.0. The lowest BCUT2D eigenvalue weighted by Gasteiger charge is -2.32. The van der Waals surface area contributed by atoms with Crippen LogP contribution in [0.3, 0.4) is 0 Å². The maximum absolute atomic E-state index is 14.0. The molecule has 45 heavy (non-hydrogen) atoms. The van der Waals surface area contributed by atoms with Crippen molar-refractivity contribution >= 4 is 49.1 Å². The lowest BCUT2D eigenvalue weighted by atomic mass is 9.92. The SMILES string of the molecule is CN1c2ccccc2Cc2c(C(=O)N(CCCCCC(=O)OS(=O)(=O)C(F)(F)F)S(=O)(=O)c3ccc([N+](=O)[O-])cc3)cccc21. The van der Waals surface area contributed by atoms with Crippen molar-refractivity contribution in [3.8, 4) is 0 Å². The summed E-state index contributed by atoms with van der Waals surface area (Å²) in [4.78, 5) is 37.5. The van der Waals surface area contributed by atoms with Crippen molar-refractivity contribution in [2.24, 2.45) is 0 Å². The van der Waals surface area contributed by atoms with E-state index in [-0.39, 0.29) is 30.5 Å².